The highest BCUT2D eigenvalue weighted by Crippen LogP contribution is 2.40. The van der Waals surface area contributed by atoms with Crippen molar-refractivity contribution >= 4 is 43.6 Å². The lowest BCUT2D eigenvalue weighted by Gasteiger charge is -2.14. The summed E-state index contributed by atoms with van der Waals surface area (Å²) >= 11 is 0. The van der Waals surface area contributed by atoms with Crippen molar-refractivity contribution in [1.82, 2.24) is 29.1 Å². The van der Waals surface area contributed by atoms with Crippen LogP contribution in [-0.4, -0.2) is 29.1 Å². The third-order valence-electron chi connectivity index (χ3n) is 14.2. The van der Waals surface area contributed by atoms with E-state index < -0.39 is 0 Å². The number of para-hydroxylation sites is 2. The summed E-state index contributed by atoms with van der Waals surface area (Å²) in [6.45, 7) is 0. The van der Waals surface area contributed by atoms with Gasteiger partial charge in [-0.15, -0.1) is 0 Å². The van der Waals surface area contributed by atoms with Crippen molar-refractivity contribution in [3.63, 3.8) is 0 Å². The molecule has 0 saturated heterocycles. The molecule has 0 aliphatic carbocycles. The average Bonchev–Trinajstić information content (AvgIpc) is 4.02. The summed E-state index contributed by atoms with van der Waals surface area (Å²) in [5, 5.41) is 4.59. The minimum Gasteiger partial charge on any atom is -0.294 e. The highest BCUT2D eigenvalue weighted by Gasteiger charge is 2.21. The molecule has 0 radical (unpaired) electrons. The largest absolute Gasteiger partial charge is 0.294 e. The van der Waals surface area contributed by atoms with Crippen LogP contribution in [0.5, 0.6) is 0 Å². The molecule has 0 atom stereocenters. The van der Waals surface area contributed by atoms with Gasteiger partial charge >= 0.3 is 0 Å². The lowest BCUT2D eigenvalue weighted by atomic mass is 10.0. The van der Waals surface area contributed by atoms with Crippen molar-refractivity contribution in [2.24, 2.45) is 0 Å². The van der Waals surface area contributed by atoms with Crippen LogP contribution in [0.2, 0.25) is 0 Å². The summed E-state index contributed by atoms with van der Waals surface area (Å²) in [6.07, 6.45) is 0. The molecule has 6 nitrogen and oxygen atoms in total. The van der Waals surface area contributed by atoms with E-state index in [4.69, 9.17) is 19.9 Å². The molecule has 0 N–H and O–H groups in total. The molecule has 4 aromatic heterocycles. The zero-order valence-electron chi connectivity index (χ0n) is 40.1. The van der Waals surface area contributed by atoms with E-state index in [-0.39, 0.29) is 0 Å². The summed E-state index contributed by atoms with van der Waals surface area (Å²) in [7, 11) is 0. The molecule has 346 valence electrons. The van der Waals surface area contributed by atoms with Gasteiger partial charge < -0.3 is 0 Å². The van der Waals surface area contributed by atoms with Crippen LogP contribution in [0.25, 0.3) is 134 Å². The Bertz CT molecular complexity index is 4120. The van der Waals surface area contributed by atoms with Gasteiger partial charge in [0.25, 0.3) is 0 Å². The van der Waals surface area contributed by atoms with Crippen LogP contribution in [0, 0.1) is 0 Å². The van der Waals surface area contributed by atoms with Gasteiger partial charge in [-0.3, -0.25) is 9.13 Å². The highest BCUT2D eigenvalue weighted by atomic mass is 15.1. The predicted octanol–water partition coefficient (Wildman–Crippen LogP) is 17.1. The molecule has 0 saturated carbocycles. The first-order valence-corrected chi connectivity index (χ1v) is 25.0. The SMILES string of the molecule is c1ccc(-c2cccc(-c3cc(-n4c5ccccc5c5ccc(-c6ccc7c8ccccc8n(-c8cc(-c9cccc(-c%10ccccc%10)c9)nc(-c9ccccc9)n8)c7c6)cc54)nc(-c4ccccc4)n3)c2)cc1. The van der Waals surface area contributed by atoms with Gasteiger partial charge in [-0.05, 0) is 69.8 Å². The number of hydrogen-bond donors (Lipinski definition) is 0. The van der Waals surface area contributed by atoms with Gasteiger partial charge in [0, 0.05) is 55.9 Å². The second-order valence-electron chi connectivity index (χ2n) is 18.7. The van der Waals surface area contributed by atoms with E-state index >= 15 is 0 Å². The van der Waals surface area contributed by atoms with Crippen molar-refractivity contribution in [2.75, 3.05) is 0 Å². The summed E-state index contributed by atoms with van der Waals surface area (Å²) in [6, 6.07) is 94.0. The van der Waals surface area contributed by atoms with E-state index in [1.807, 2.05) is 36.4 Å². The van der Waals surface area contributed by atoms with Gasteiger partial charge in [0.05, 0.1) is 33.5 Å². The van der Waals surface area contributed by atoms with Crippen LogP contribution in [0.3, 0.4) is 0 Å². The Morgan fingerprint density at radius 2 is 0.527 bits per heavy atom. The lowest BCUT2D eigenvalue weighted by Crippen LogP contribution is -2.03. The fourth-order valence-corrected chi connectivity index (χ4v) is 10.6. The van der Waals surface area contributed by atoms with Gasteiger partial charge in [0.2, 0.25) is 0 Å². The molecular weight excluding hydrogens is 901 g/mol. The Kier molecular flexibility index (Phi) is 10.4. The smallest absolute Gasteiger partial charge is 0.162 e. The standard InChI is InChI=1S/C68H44N6/c1-5-19-45(20-6-1)49-27-17-29-53(39-49)59-43-65(71-67(69-59)47-23-9-3-10-24-47)73-61-33-15-13-31-55(61)57-37-35-51(41-63(57)73)52-36-38-58-56-32-14-16-34-62(56)74(64(58)42-52)66-44-60(70-68(72-66)48-25-11-4-12-26-48)54-30-18-28-50(40-54)46-21-7-2-8-22-46/h1-44H. The van der Waals surface area contributed by atoms with Crippen LogP contribution < -0.4 is 0 Å². The lowest BCUT2D eigenvalue weighted by molar-refractivity contribution is 1.05. The van der Waals surface area contributed by atoms with E-state index in [1.165, 1.54) is 0 Å². The molecule has 0 aliphatic heterocycles. The molecule has 4 heterocycles. The third kappa shape index (κ3) is 7.61. The third-order valence-corrected chi connectivity index (χ3v) is 14.2. The summed E-state index contributed by atoms with van der Waals surface area (Å²) in [5.74, 6) is 2.91. The second kappa shape index (κ2) is 18.0. The van der Waals surface area contributed by atoms with Gasteiger partial charge in [-0.25, -0.2) is 19.9 Å². The Hall–Kier alpha value is -10.0. The van der Waals surface area contributed by atoms with Gasteiger partial charge in [0.1, 0.15) is 11.6 Å². The van der Waals surface area contributed by atoms with Crippen molar-refractivity contribution in [3.8, 4) is 90.3 Å². The molecule has 14 rings (SSSR count). The van der Waals surface area contributed by atoms with Gasteiger partial charge in [0.15, 0.2) is 11.6 Å². The van der Waals surface area contributed by atoms with Crippen molar-refractivity contribution in [3.05, 3.63) is 267 Å². The Morgan fingerprint density at radius 3 is 0.946 bits per heavy atom. The van der Waals surface area contributed by atoms with E-state index in [9.17, 15) is 0 Å². The Morgan fingerprint density at radius 1 is 0.203 bits per heavy atom. The Balaban J connectivity index is 0.953. The minimum absolute atomic E-state index is 0.663. The zero-order chi connectivity index (χ0) is 49.0. The maximum atomic E-state index is 5.38. The number of rotatable bonds is 9. The van der Waals surface area contributed by atoms with E-state index in [0.29, 0.717) is 11.6 Å². The van der Waals surface area contributed by atoms with Crippen LogP contribution in [0.4, 0.5) is 0 Å². The van der Waals surface area contributed by atoms with E-state index in [1.54, 1.807) is 0 Å². The normalized spacial score (nSPS) is 11.5. The number of benzene rings is 10. The first kappa shape index (κ1) is 42.8. The molecule has 0 bridgehead atoms. The van der Waals surface area contributed by atoms with Crippen LogP contribution in [0.1, 0.15) is 0 Å². The number of fused-ring (bicyclic) bond motifs is 6. The Labute approximate surface area is 427 Å². The van der Waals surface area contributed by atoms with E-state index in [0.717, 1.165) is 122 Å². The zero-order valence-corrected chi connectivity index (χ0v) is 40.1. The fraction of sp³-hybridized carbons (Fsp3) is 0. The first-order chi connectivity index (χ1) is 36.7. The van der Waals surface area contributed by atoms with Crippen LogP contribution in [-0.2, 0) is 0 Å². The monoisotopic (exact) mass is 944 g/mol. The van der Waals surface area contributed by atoms with E-state index in [2.05, 4.69) is 240 Å². The molecule has 0 spiro atoms. The second-order valence-corrected chi connectivity index (χ2v) is 18.7. The summed E-state index contributed by atoms with van der Waals surface area (Å²) < 4.78 is 4.62. The number of aromatic nitrogens is 6. The molecule has 0 fully saturated rings. The first-order valence-electron chi connectivity index (χ1n) is 25.0. The molecule has 0 amide bonds. The molecular formula is C68H44N6. The predicted molar refractivity (Wildman–Crippen MR) is 304 cm³/mol. The minimum atomic E-state index is 0.663. The highest BCUT2D eigenvalue weighted by molar-refractivity contribution is 6.12. The van der Waals surface area contributed by atoms with Crippen molar-refractivity contribution < 1.29 is 0 Å². The maximum Gasteiger partial charge on any atom is 0.162 e. The molecule has 0 unspecified atom stereocenters. The fourth-order valence-electron chi connectivity index (χ4n) is 10.6. The maximum absolute atomic E-state index is 5.38. The van der Waals surface area contributed by atoms with Crippen molar-refractivity contribution in [1.29, 1.82) is 0 Å². The summed E-state index contributed by atoms with van der Waals surface area (Å²) in [5.41, 5.74) is 16.6. The average molecular weight is 945 g/mol. The quantitative estimate of drug-likeness (QED) is 0.145. The molecule has 6 heteroatoms. The van der Waals surface area contributed by atoms with Crippen LogP contribution >= 0.6 is 0 Å². The molecule has 14 aromatic rings. The molecule has 0 aliphatic rings. The molecule has 10 aromatic carbocycles. The van der Waals surface area contributed by atoms with Gasteiger partial charge in [-0.1, -0.05) is 218 Å². The number of nitrogens with zero attached hydrogens (tertiary/aromatic N) is 6. The van der Waals surface area contributed by atoms with Crippen molar-refractivity contribution in [2.45, 2.75) is 0 Å². The molecule has 74 heavy (non-hydrogen) atoms. The van der Waals surface area contributed by atoms with Gasteiger partial charge in [-0.2, -0.15) is 0 Å². The summed E-state index contributed by atoms with van der Waals surface area (Å²) in [4.78, 5) is 21.3. The topological polar surface area (TPSA) is 61.4 Å². The van der Waals surface area contributed by atoms with Crippen LogP contribution in [0.15, 0.2) is 267 Å². The number of hydrogen-bond acceptors (Lipinski definition) is 4.